The van der Waals surface area contributed by atoms with Crippen LogP contribution >= 0.6 is 0 Å². The standard InChI is InChI=1S/C38H41N5O3.C33H33N5O2.CH4.B.V/c1-4-5-20-35(44)42(36(28(2)3)38(45)46-27-31-16-10-7-11-17-31)25-30-21-23-32(24-22-30)33-18-12-13-19-34(33)37-39-40-41-43(37)26-29-14-8-6-9-15-29;1-24(2)31(33(39)40-23-27-13-7-4-8-14-27)34-21-25-17-19-28(20-18-25)29-15-9-10-16-30(29)32-35-36-37-38(32)22-26-11-5-3-6-12-26;;;/h6-19,21-24,28,36H,4-5,20,25-27H2,1-3H3;3-20,24,31,34H,21-23H2,1-2H3;1H4;;/t36-;31-;;;/m00.../s1. The number of benzene rings is 8. The fraction of sp³-hybridized carbons (Fsp3) is 0.264. The number of tetrazole rings is 2. The Kier molecular flexibility index (Phi) is 27.2. The number of nitrogens with zero attached hydrogens (tertiary/aromatic N) is 9. The molecule has 2 atom stereocenters. The number of rotatable bonds is 25. The fourth-order valence-electron chi connectivity index (χ4n) is 10.2. The van der Waals surface area contributed by atoms with E-state index in [1.807, 2.05) is 195 Å². The van der Waals surface area contributed by atoms with Crippen LogP contribution in [0.5, 0.6) is 0 Å². The van der Waals surface area contributed by atoms with Gasteiger partial charge in [0.25, 0.3) is 0 Å². The number of hydrogen-bond donors (Lipinski definition) is 1. The average molecular weight is 1230 g/mol. The third kappa shape index (κ3) is 19.2. The first kappa shape index (κ1) is 69.0. The number of hydrogen-bond acceptors (Lipinski definition) is 12. The van der Waals surface area contributed by atoms with Gasteiger partial charge < -0.3 is 19.7 Å². The molecule has 1 N–H and O–H groups in total. The molecule has 89 heavy (non-hydrogen) atoms. The van der Waals surface area contributed by atoms with Gasteiger partial charge in [-0.3, -0.25) is 9.59 Å². The van der Waals surface area contributed by atoms with E-state index < -0.39 is 12.1 Å². The number of unbranched alkanes of at least 4 members (excludes halogenated alkanes) is 1. The molecule has 0 aliphatic carbocycles. The van der Waals surface area contributed by atoms with Gasteiger partial charge in [0, 0.05) is 57.6 Å². The van der Waals surface area contributed by atoms with Crippen molar-refractivity contribution >= 4 is 26.3 Å². The third-order valence-electron chi connectivity index (χ3n) is 14.8. The Balaban J connectivity index is 0.000000277. The molecule has 0 unspecified atom stereocenters. The minimum atomic E-state index is -0.697. The number of ether oxygens (including phenoxy) is 2. The van der Waals surface area contributed by atoms with Crippen LogP contribution in [0, 0.1) is 11.8 Å². The normalized spacial score (nSPS) is 11.4. The smallest absolute Gasteiger partial charge is 0.329 e. The molecule has 0 aliphatic heterocycles. The van der Waals surface area contributed by atoms with Gasteiger partial charge in [-0.15, -0.1) is 10.2 Å². The van der Waals surface area contributed by atoms with Crippen molar-refractivity contribution in [1.29, 1.82) is 0 Å². The van der Waals surface area contributed by atoms with Crippen LogP contribution in [0.2, 0.25) is 0 Å². The second-order valence-electron chi connectivity index (χ2n) is 21.9. The molecule has 0 fully saturated rings. The van der Waals surface area contributed by atoms with Crippen LogP contribution in [0.1, 0.15) is 94.7 Å². The van der Waals surface area contributed by atoms with Gasteiger partial charge in [-0.2, -0.15) is 0 Å². The zero-order valence-corrected chi connectivity index (χ0v) is 51.9. The molecule has 8 aromatic carbocycles. The van der Waals surface area contributed by atoms with E-state index in [0.29, 0.717) is 38.4 Å². The van der Waals surface area contributed by atoms with Gasteiger partial charge in [0.15, 0.2) is 11.6 Å². The van der Waals surface area contributed by atoms with Crippen LogP contribution in [-0.2, 0) is 81.8 Å². The molecule has 0 aliphatic rings. The summed E-state index contributed by atoms with van der Waals surface area (Å²) in [4.78, 5) is 41.5. The summed E-state index contributed by atoms with van der Waals surface area (Å²) in [5.74, 6) is 0.708. The molecule has 2 aromatic heterocycles. The molecule has 0 bridgehead atoms. The van der Waals surface area contributed by atoms with Crippen LogP contribution in [0.4, 0.5) is 0 Å². The third-order valence-corrected chi connectivity index (χ3v) is 14.8. The maximum atomic E-state index is 13.6. The predicted octanol–water partition coefficient (Wildman–Crippen LogP) is 13.5. The van der Waals surface area contributed by atoms with Gasteiger partial charge in [-0.05, 0) is 94.7 Å². The average Bonchev–Trinajstić information content (AvgIpc) is 4.42. The van der Waals surface area contributed by atoms with E-state index in [9.17, 15) is 14.4 Å². The Morgan fingerprint density at radius 3 is 1.29 bits per heavy atom. The summed E-state index contributed by atoms with van der Waals surface area (Å²) in [6, 6.07) is 71.2. The quantitative estimate of drug-likeness (QED) is 0.0425. The summed E-state index contributed by atoms with van der Waals surface area (Å²) in [6.07, 6.45) is 2.04. The predicted molar refractivity (Wildman–Crippen MR) is 348 cm³/mol. The molecular weight excluding hydrogens is 1150 g/mol. The molecule has 4 radical (unpaired) electrons. The van der Waals surface area contributed by atoms with Crippen molar-refractivity contribution in [2.45, 2.75) is 113 Å². The maximum Gasteiger partial charge on any atom is 0.329 e. The second-order valence-corrected chi connectivity index (χ2v) is 21.9. The SMILES string of the molecule is C.CC(C)[C@H](NCc1ccc(-c2ccccc2-c2nnnn2Cc2ccccc2)cc1)C(=O)OCc1ccccc1.CCCCC(=O)N(Cc1ccc(-c2ccccc2-c2nnnn2Cc2ccccc2)cc1)[C@H](C(=O)OCc1ccccc1)C(C)C.[B].[V]. The van der Waals surface area contributed by atoms with E-state index in [2.05, 4.69) is 104 Å². The Labute approximate surface area is 537 Å². The monoisotopic (exact) mass is 1220 g/mol. The molecule has 0 spiro atoms. The Hall–Kier alpha value is -9.08. The molecule has 15 nitrogen and oxygen atoms in total. The Morgan fingerprint density at radius 2 is 0.876 bits per heavy atom. The molecule has 0 saturated carbocycles. The zero-order chi connectivity index (χ0) is 60.0. The van der Waals surface area contributed by atoms with E-state index in [1.165, 1.54) is 0 Å². The van der Waals surface area contributed by atoms with Gasteiger partial charge in [0.2, 0.25) is 5.91 Å². The fourth-order valence-corrected chi connectivity index (χ4v) is 10.2. The molecule has 10 rings (SSSR count). The number of amides is 1. The summed E-state index contributed by atoms with van der Waals surface area (Å²) in [6.45, 7) is 12.5. The van der Waals surface area contributed by atoms with Crippen LogP contribution in [-0.4, -0.2) is 83.7 Å². The molecular formula is C72H78BN10O5V. The van der Waals surface area contributed by atoms with Crippen molar-refractivity contribution in [1.82, 2.24) is 50.6 Å². The van der Waals surface area contributed by atoms with Crippen LogP contribution in [0.3, 0.4) is 0 Å². The zero-order valence-electron chi connectivity index (χ0n) is 50.5. The van der Waals surface area contributed by atoms with Crippen LogP contribution in [0.15, 0.2) is 218 Å². The van der Waals surface area contributed by atoms with E-state index >= 15 is 0 Å². The van der Waals surface area contributed by atoms with E-state index in [4.69, 9.17) is 9.47 Å². The van der Waals surface area contributed by atoms with Crippen LogP contribution in [0.25, 0.3) is 45.0 Å². The Morgan fingerprint density at radius 1 is 0.483 bits per heavy atom. The minimum absolute atomic E-state index is 0. The van der Waals surface area contributed by atoms with Crippen molar-refractivity contribution in [3.8, 4) is 45.0 Å². The molecule has 10 aromatic rings. The first-order valence-corrected chi connectivity index (χ1v) is 29.4. The largest absolute Gasteiger partial charge is 0.460 e. The second kappa shape index (κ2) is 35.1. The van der Waals surface area contributed by atoms with E-state index in [0.717, 1.165) is 85.4 Å². The molecule has 2 heterocycles. The molecule has 454 valence electrons. The summed E-state index contributed by atoms with van der Waals surface area (Å²) in [7, 11) is 0. The minimum Gasteiger partial charge on any atom is -0.460 e. The molecule has 17 heteroatoms. The number of esters is 2. The van der Waals surface area contributed by atoms with E-state index in [-0.39, 0.29) is 77.3 Å². The first-order valence-electron chi connectivity index (χ1n) is 29.4. The summed E-state index contributed by atoms with van der Waals surface area (Å²) in [5.41, 5.74) is 12.1. The number of aromatic nitrogens is 8. The van der Waals surface area contributed by atoms with Crippen molar-refractivity contribution in [2.75, 3.05) is 0 Å². The number of nitrogens with one attached hydrogen (secondary N) is 1. The van der Waals surface area contributed by atoms with Gasteiger partial charge in [-0.25, -0.2) is 14.2 Å². The number of carbonyl (C=O) groups is 3. The van der Waals surface area contributed by atoms with Gasteiger partial charge in [0.05, 0.1) is 13.1 Å². The van der Waals surface area contributed by atoms with Gasteiger partial charge in [0.1, 0.15) is 25.3 Å². The molecule has 0 saturated heterocycles. The molecule has 1 amide bonds. The van der Waals surface area contributed by atoms with Crippen LogP contribution < -0.4 is 5.32 Å². The summed E-state index contributed by atoms with van der Waals surface area (Å²) < 4.78 is 15.0. The Bertz CT molecular complexity index is 3720. The topological polar surface area (TPSA) is 172 Å². The first-order chi connectivity index (χ1) is 42.0. The summed E-state index contributed by atoms with van der Waals surface area (Å²) >= 11 is 0. The van der Waals surface area contributed by atoms with Crippen molar-refractivity contribution in [3.63, 3.8) is 0 Å². The maximum absolute atomic E-state index is 13.6. The van der Waals surface area contributed by atoms with Gasteiger partial charge in [-0.1, -0.05) is 267 Å². The summed E-state index contributed by atoms with van der Waals surface area (Å²) in [5, 5.41) is 28.6. The van der Waals surface area contributed by atoms with Crippen molar-refractivity contribution in [2.24, 2.45) is 11.8 Å². The van der Waals surface area contributed by atoms with E-state index in [1.54, 1.807) is 4.90 Å². The van der Waals surface area contributed by atoms with Crippen molar-refractivity contribution in [3.05, 3.63) is 252 Å². The van der Waals surface area contributed by atoms with Crippen molar-refractivity contribution < 1.29 is 42.4 Å². The number of carbonyl (C=O) groups excluding carboxylic acids is 3. The van der Waals surface area contributed by atoms with Gasteiger partial charge >= 0.3 is 11.9 Å².